The topological polar surface area (TPSA) is 152 Å². The van der Waals surface area contributed by atoms with Crippen molar-refractivity contribution in [3.05, 3.63) is 53.0 Å². The van der Waals surface area contributed by atoms with Gasteiger partial charge in [0.2, 0.25) is 11.8 Å². The molecule has 1 aromatic heterocycles. The Bertz CT molecular complexity index is 1520. The first-order valence-electron chi connectivity index (χ1n) is 13.0. The molecule has 1 atom stereocenters. The summed E-state index contributed by atoms with van der Waals surface area (Å²) < 4.78 is 32.5. The molecular formula is C28H33N3O7S2. The molecule has 0 spiro atoms. The summed E-state index contributed by atoms with van der Waals surface area (Å²) in [6.07, 6.45) is 1.74. The lowest BCUT2D eigenvalue weighted by molar-refractivity contribution is -0.126. The van der Waals surface area contributed by atoms with Crippen molar-refractivity contribution in [2.45, 2.75) is 56.9 Å². The summed E-state index contributed by atoms with van der Waals surface area (Å²) in [4.78, 5) is 42.3. The fourth-order valence-electron chi connectivity index (χ4n) is 3.98. The number of aliphatic hydroxyl groups is 1. The van der Waals surface area contributed by atoms with Gasteiger partial charge < -0.3 is 20.5 Å². The number of ether oxygens (including phenoxy) is 1. The lowest BCUT2D eigenvalue weighted by atomic mass is 10.0. The predicted molar refractivity (Wildman–Crippen MR) is 153 cm³/mol. The third kappa shape index (κ3) is 7.64. The Balaban J connectivity index is 1.62. The van der Waals surface area contributed by atoms with Crippen molar-refractivity contribution in [3.8, 4) is 11.1 Å². The van der Waals surface area contributed by atoms with E-state index in [4.69, 9.17) is 4.74 Å². The number of hydrogen-bond donors (Lipinski definition) is 3. The highest BCUT2D eigenvalue weighted by molar-refractivity contribution is 7.92. The minimum absolute atomic E-state index is 0.0304. The zero-order valence-corrected chi connectivity index (χ0v) is 24.2. The zero-order valence-electron chi connectivity index (χ0n) is 22.6. The number of fused-ring (bicyclic) bond motifs is 1. The van der Waals surface area contributed by atoms with Crippen LogP contribution >= 0.6 is 11.3 Å². The van der Waals surface area contributed by atoms with Gasteiger partial charge >= 0.3 is 5.97 Å². The van der Waals surface area contributed by atoms with E-state index in [0.29, 0.717) is 15.8 Å². The van der Waals surface area contributed by atoms with E-state index in [9.17, 15) is 27.9 Å². The average molecular weight is 588 g/mol. The summed E-state index contributed by atoms with van der Waals surface area (Å²) in [7, 11) is -4.04. The molecule has 12 heteroatoms. The average Bonchev–Trinajstić information content (AvgIpc) is 3.60. The highest BCUT2D eigenvalue weighted by Gasteiger charge is 2.37. The number of benzene rings is 2. The molecule has 10 nitrogen and oxygen atoms in total. The molecule has 0 bridgehead atoms. The first-order valence-corrected chi connectivity index (χ1v) is 15.5. The second kappa shape index (κ2) is 12.0. The van der Waals surface area contributed by atoms with Crippen molar-refractivity contribution >= 4 is 49.2 Å². The molecule has 2 aromatic carbocycles. The van der Waals surface area contributed by atoms with Crippen LogP contribution in [0, 0.1) is 0 Å². The van der Waals surface area contributed by atoms with Gasteiger partial charge in [-0.1, -0.05) is 18.2 Å². The Labute approximate surface area is 237 Å². The number of sulfone groups is 1. The number of aliphatic hydroxyl groups excluding tert-OH is 1. The third-order valence-electron chi connectivity index (χ3n) is 6.01. The molecule has 214 valence electrons. The number of nitrogens with zero attached hydrogens (tertiary/aromatic N) is 1. The summed E-state index contributed by atoms with van der Waals surface area (Å²) in [6, 6.07) is 12.5. The van der Waals surface area contributed by atoms with Gasteiger partial charge in [-0.05, 0) is 75.4 Å². The summed E-state index contributed by atoms with van der Waals surface area (Å²) in [5.41, 5.74) is 1.73. The number of amides is 2. The quantitative estimate of drug-likeness (QED) is 0.290. The molecule has 1 heterocycles. The Morgan fingerprint density at radius 3 is 2.52 bits per heavy atom. The molecule has 3 aromatic rings. The summed E-state index contributed by atoms with van der Waals surface area (Å²) in [5.74, 6) is -2.08. The first kappa shape index (κ1) is 29.6. The van der Waals surface area contributed by atoms with E-state index in [1.165, 1.54) is 0 Å². The van der Waals surface area contributed by atoms with Gasteiger partial charge in [0.1, 0.15) is 10.6 Å². The number of esters is 1. The highest BCUT2D eigenvalue weighted by Crippen LogP contribution is 2.34. The Morgan fingerprint density at radius 2 is 1.85 bits per heavy atom. The van der Waals surface area contributed by atoms with E-state index < -0.39 is 38.3 Å². The Kier molecular flexibility index (Phi) is 8.91. The van der Waals surface area contributed by atoms with Crippen molar-refractivity contribution in [1.82, 2.24) is 15.6 Å². The van der Waals surface area contributed by atoms with Gasteiger partial charge in [-0.3, -0.25) is 9.59 Å². The monoisotopic (exact) mass is 587 g/mol. The number of hydrogen-bond acceptors (Lipinski definition) is 9. The molecule has 40 heavy (non-hydrogen) atoms. The van der Waals surface area contributed by atoms with Gasteiger partial charge in [0.15, 0.2) is 15.1 Å². The van der Waals surface area contributed by atoms with Crippen LogP contribution < -0.4 is 10.6 Å². The number of thiazole rings is 1. The standard InChI is InChI=1S/C28H33N3O7S2/c1-28(2,3)38-27(35)19-7-4-6-17(14-19)18-8-11-22-21(15-18)31-26(39-22)24(40(36,37)13-5-12-32)25(34)29-16-23(33)30-20-9-10-20/h4,6-8,11,14-15,20,24,32H,5,9-10,12-13,16H2,1-3H3,(H,29,34)(H,30,33). The molecule has 2 amide bonds. The molecule has 0 radical (unpaired) electrons. The lowest BCUT2D eigenvalue weighted by Gasteiger charge is -2.19. The number of nitrogens with one attached hydrogen (secondary N) is 2. The van der Waals surface area contributed by atoms with Gasteiger partial charge in [0.05, 0.1) is 28.1 Å². The number of rotatable bonds is 11. The highest BCUT2D eigenvalue weighted by atomic mass is 32.2. The van der Waals surface area contributed by atoms with Crippen molar-refractivity contribution in [1.29, 1.82) is 0 Å². The predicted octanol–water partition coefficient (Wildman–Crippen LogP) is 3.15. The van der Waals surface area contributed by atoms with Gasteiger partial charge in [0.25, 0.3) is 0 Å². The maximum atomic E-state index is 13.2. The Morgan fingerprint density at radius 1 is 1.12 bits per heavy atom. The van der Waals surface area contributed by atoms with Crippen molar-refractivity contribution in [3.63, 3.8) is 0 Å². The normalized spacial score (nSPS) is 14.5. The maximum absolute atomic E-state index is 13.2. The molecule has 1 saturated carbocycles. The van der Waals surface area contributed by atoms with Crippen LogP contribution in [0.4, 0.5) is 0 Å². The molecule has 0 saturated heterocycles. The van der Waals surface area contributed by atoms with E-state index in [1.54, 1.807) is 51.1 Å². The van der Waals surface area contributed by atoms with Crippen LogP contribution in [0.5, 0.6) is 0 Å². The van der Waals surface area contributed by atoms with Crippen LogP contribution in [0.15, 0.2) is 42.5 Å². The fourth-order valence-corrected chi connectivity index (χ4v) is 7.03. The molecule has 1 aliphatic rings. The molecule has 1 aliphatic carbocycles. The van der Waals surface area contributed by atoms with Gasteiger partial charge in [-0.25, -0.2) is 18.2 Å². The van der Waals surface area contributed by atoms with Crippen LogP contribution in [0.3, 0.4) is 0 Å². The smallest absolute Gasteiger partial charge is 0.338 e. The van der Waals surface area contributed by atoms with Crippen molar-refractivity contribution < 1.29 is 32.6 Å². The van der Waals surface area contributed by atoms with E-state index in [1.807, 2.05) is 12.1 Å². The molecule has 4 rings (SSSR count). The molecule has 0 aliphatic heterocycles. The van der Waals surface area contributed by atoms with Crippen LogP contribution in [0.1, 0.15) is 60.6 Å². The van der Waals surface area contributed by atoms with Gasteiger partial charge in [-0.15, -0.1) is 11.3 Å². The van der Waals surface area contributed by atoms with E-state index in [0.717, 1.165) is 35.3 Å². The fraction of sp³-hybridized carbons (Fsp3) is 0.429. The van der Waals surface area contributed by atoms with Crippen molar-refractivity contribution in [2.24, 2.45) is 0 Å². The lowest BCUT2D eigenvalue weighted by Crippen LogP contribution is -2.41. The second-order valence-electron chi connectivity index (χ2n) is 10.7. The molecular weight excluding hydrogens is 554 g/mol. The minimum atomic E-state index is -4.04. The molecule has 1 fully saturated rings. The van der Waals surface area contributed by atoms with Crippen molar-refractivity contribution in [2.75, 3.05) is 18.9 Å². The second-order valence-corrected chi connectivity index (χ2v) is 14.0. The van der Waals surface area contributed by atoms with Gasteiger partial charge in [-0.2, -0.15) is 0 Å². The van der Waals surface area contributed by atoms with E-state index in [2.05, 4.69) is 15.6 Å². The maximum Gasteiger partial charge on any atom is 0.338 e. The number of carbonyl (C=O) groups excluding carboxylic acids is 3. The Hall–Kier alpha value is -3.35. The van der Waals surface area contributed by atoms with Gasteiger partial charge in [0, 0.05) is 12.6 Å². The first-order chi connectivity index (χ1) is 18.9. The largest absolute Gasteiger partial charge is 0.456 e. The zero-order chi connectivity index (χ0) is 29.1. The summed E-state index contributed by atoms with van der Waals surface area (Å²) in [5, 5.41) is 12.8. The third-order valence-corrected chi connectivity index (χ3v) is 9.27. The molecule has 1 unspecified atom stereocenters. The molecule has 3 N–H and O–H groups in total. The SMILES string of the molecule is CC(C)(C)OC(=O)c1cccc(-c2ccc3sc(C(C(=O)NCC(=O)NC4CC4)S(=O)(=O)CCCO)nc3c2)c1. The summed E-state index contributed by atoms with van der Waals surface area (Å²) >= 11 is 1.08. The van der Waals surface area contributed by atoms with E-state index >= 15 is 0 Å². The number of carbonyl (C=O) groups is 3. The van der Waals surface area contributed by atoms with Crippen LogP contribution in [-0.2, 0) is 24.2 Å². The summed E-state index contributed by atoms with van der Waals surface area (Å²) in [6.45, 7) is 4.70. The minimum Gasteiger partial charge on any atom is -0.456 e. The van der Waals surface area contributed by atoms with E-state index in [-0.39, 0.29) is 36.5 Å². The van der Waals surface area contributed by atoms with Crippen LogP contribution in [-0.4, -0.2) is 66.8 Å². The van der Waals surface area contributed by atoms with Crippen LogP contribution in [0.2, 0.25) is 0 Å². The van der Waals surface area contributed by atoms with Crippen LogP contribution in [0.25, 0.3) is 21.3 Å². The number of aromatic nitrogens is 1.